The number of nitrogens with one attached hydrogen (secondary N) is 3. The number of benzene rings is 1. The van der Waals surface area contributed by atoms with Crippen LogP contribution in [0.2, 0.25) is 0 Å². The summed E-state index contributed by atoms with van der Waals surface area (Å²) in [6.07, 6.45) is -0.688. The molecule has 3 amide bonds. The van der Waals surface area contributed by atoms with E-state index in [4.69, 9.17) is 5.11 Å². The van der Waals surface area contributed by atoms with Crippen LogP contribution in [0.3, 0.4) is 0 Å². The van der Waals surface area contributed by atoms with Gasteiger partial charge in [0.2, 0.25) is 5.91 Å². The molecule has 27 heavy (non-hydrogen) atoms. The molecule has 4 rings (SSSR count). The fourth-order valence-electron chi connectivity index (χ4n) is 3.71. The lowest BCUT2D eigenvalue weighted by Gasteiger charge is -2.36. The standard InChI is InChI=1S/C18H19N5O4/c1-18(2,20-17(26)27)16(25)23-7-6-9-12(8-23)19-11-5-3-4-10-13(11)14(9)21-22-15(10)24/h3-5,20-21H,6-8H2,1-2H3,(H,22,24)(H,26,27). The third-order valence-corrected chi connectivity index (χ3v) is 4.96. The van der Waals surface area contributed by atoms with E-state index in [1.165, 1.54) is 0 Å². The van der Waals surface area contributed by atoms with Gasteiger partial charge in [0.05, 0.1) is 29.0 Å². The molecule has 0 saturated carbocycles. The molecule has 0 spiro atoms. The number of hydrazine groups is 1. The van der Waals surface area contributed by atoms with Crippen LogP contribution in [0.4, 0.5) is 10.5 Å². The summed E-state index contributed by atoms with van der Waals surface area (Å²) >= 11 is 0. The lowest BCUT2D eigenvalue weighted by Crippen LogP contribution is -2.56. The summed E-state index contributed by atoms with van der Waals surface area (Å²) in [5, 5.41) is 12.0. The minimum absolute atomic E-state index is 0.205. The molecule has 140 valence electrons. The quantitative estimate of drug-likeness (QED) is 0.631. The first-order chi connectivity index (χ1) is 12.8. The molecule has 4 N–H and O–H groups in total. The Bertz CT molecular complexity index is 1000. The van der Waals surface area contributed by atoms with Crippen LogP contribution in [0.1, 0.15) is 35.5 Å². The largest absolute Gasteiger partial charge is 0.465 e. The number of amides is 3. The van der Waals surface area contributed by atoms with Gasteiger partial charge in [-0.2, -0.15) is 0 Å². The Hall–Kier alpha value is -3.36. The average Bonchev–Trinajstić information content (AvgIpc) is 2.62. The van der Waals surface area contributed by atoms with Crippen molar-refractivity contribution in [2.75, 3.05) is 12.0 Å². The van der Waals surface area contributed by atoms with Crippen molar-refractivity contribution < 1.29 is 19.5 Å². The fourth-order valence-corrected chi connectivity index (χ4v) is 3.71. The van der Waals surface area contributed by atoms with Crippen molar-refractivity contribution in [2.24, 2.45) is 0 Å². The summed E-state index contributed by atoms with van der Waals surface area (Å²) < 4.78 is 0. The fraction of sp³-hybridized carbons (Fsp3) is 0.333. The monoisotopic (exact) mass is 369 g/mol. The first-order valence-corrected chi connectivity index (χ1v) is 8.59. The van der Waals surface area contributed by atoms with Crippen LogP contribution >= 0.6 is 0 Å². The van der Waals surface area contributed by atoms with Gasteiger partial charge in [-0.3, -0.25) is 25.4 Å². The Balaban J connectivity index is 1.72. The molecular formula is C18H19N5O4. The summed E-state index contributed by atoms with van der Waals surface area (Å²) in [6, 6.07) is 5.37. The van der Waals surface area contributed by atoms with Crippen molar-refractivity contribution in [1.82, 2.24) is 20.6 Å². The van der Waals surface area contributed by atoms with Gasteiger partial charge in [-0.25, -0.2) is 4.79 Å². The van der Waals surface area contributed by atoms with Gasteiger partial charge < -0.3 is 15.3 Å². The summed E-state index contributed by atoms with van der Waals surface area (Å²) in [6.45, 7) is 3.80. The van der Waals surface area contributed by atoms with E-state index in [9.17, 15) is 14.4 Å². The molecule has 2 aliphatic rings. The van der Waals surface area contributed by atoms with E-state index in [2.05, 4.69) is 21.2 Å². The van der Waals surface area contributed by atoms with Crippen molar-refractivity contribution >= 4 is 34.5 Å². The predicted octanol–water partition coefficient (Wildman–Crippen LogP) is 1.24. The molecule has 1 aromatic heterocycles. The second kappa shape index (κ2) is 5.83. The van der Waals surface area contributed by atoms with Crippen LogP contribution in [-0.4, -0.2) is 45.0 Å². The minimum atomic E-state index is -1.24. The maximum absolute atomic E-state index is 12.8. The van der Waals surface area contributed by atoms with E-state index in [-0.39, 0.29) is 18.4 Å². The Labute approximate surface area is 154 Å². The van der Waals surface area contributed by atoms with Crippen LogP contribution in [0.25, 0.3) is 10.9 Å². The second-order valence-electron chi connectivity index (χ2n) is 7.22. The SMILES string of the molecule is CC(C)(NC(=O)O)C(=O)N1CCc2c(nc3cccc4c3c2NNC4=O)C1. The zero-order valence-corrected chi connectivity index (χ0v) is 14.9. The molecule has 0 atom stereocenters. The Morgan fingerprint density at radius 3 is 2.81 bits per heavy atom. The van der Waals surface area contributed by atoms with E-state index < -0.39 is 11.6 Å². The highest BCUT2D eigenvalue weighted by Crippen LogP contribution is 2.35. The molecule has 0 fully saturated rings. The first kappa shape index (κ1) is 17.1. The number of fused-ring (bicyclic) bond motifs is 2. The van der Waals surface area contributed by atoms with E-state index in [0.717, 1.165) is 22.3 Å². The van der Waals surface area contributed by atoms with Gasteiger partial charge in [-0.1, -0.05) is 6.07 Å². The number of carbonyl (C=O) groups excluding carboxylic acids is 2. The first-order valence-electron chi connectivity index (χ1n) is 8.59. The number of rotatable bonds is 2. The molecule has 9 heteroatoms. The molecule has 1 aromatic carbocycles. The number of anilines is 1. The van der Waals surface area contributed by atoms with Crippen molar-refractivity contribution in [3.05, 3.63) is 35.0 Å². The van der Waals surface area contributed by atoms with Crippen LogP contribution in [0, 0.1) is 0 Å². The molecule has 0 saturated heterocycles. The number of aromatic nitrogens is 1. The third kappa shape index (κ3) is 2.71. The molecular weight excluding hydrogens is 350 g/mol. The molecule has 9 nitrogen and oxygen atoms in total. The summed E-state index contributed by atoms with van der Waals surface area (Å²) in [5.74, 6) is -0.509. The van der Waals surface area contributed by atoms with Gasteiger partial charge in [-0.15, -0.1) is 0 Å². The number of hydrogen-bond donors (Lipinski definition) is 4. The molecule has 0 aliphatic carbocycles. The number of carbonyl (C=O) groups is 3. The topological polar surface area (TPSA) is 124 Å². The van der Waals surface area contributed by atoms with E-state index in [1.54, 1.807) is 30.9 Å². The molecule has 0 radical (unpaired) electrons. The highest BCUT2D eigenvalue weighted by atomic mass is 16.4. The maximum Gasteiger partial charge on any atom is 0.405 e. The van der Waals surface area contributed by atoms with Gasteiger partial charge in [0.25, 0.3) is 5.91 Å². The summed E-state index contributed by atoms with van der Waals surface area (Å²) in [4.78, 5) is 42.1. The second-order valence-corrected chi connectivity index (χ2v) is 7.22. The van der Waals surface area contributed by atoms with Gasteiger partial charge in [0, 0.05) is 17.5 Å². The lowest BCUT2D eigenvalue weighted by atomic mass is 9.94. The number of carboxylic acid groups (broad SMARTS) is 1. The smallest absolute Gasteiger partial charge is 0.405 e. The van der Waals surface area contributed by atoms with Crippen LogP contribution in [0.15, 0.2) is 18.2 Å². The third-order valence-electron chi connectivity index (χ3n) is 4.96. The lowest BCUT2D eigenvalue weighted by molar-refractivity contribution is -0.137. The number of hydrogen-bond acceptors (Lipinski definition) is 5. The van der Waals surface area contributed by atoms with Gasteiger partial charge in [0.15, 0.2) is 0 Å². The predicted molar refractivity (Wildman–Crippen MR) is 97.2 cm³/mol. The van der Waals surface area contributed by atoms with Gasteiger partial charge >= 0.3 is 6.09 Å². The van der Waals surface area contributed by atoms with Crippen LogP contribution in [0.5, 0.6) is 0 Å². The molecule has 3 heterocycles. The Kier molecular flexibility index (Phi) is 3.69. The minimum Gasteiger partial charge on any atom is -0.465 e. The van der Waals surface area contributed by atoms with Gasteiger partial charge in [-0.05, 0) is 32.4 Å². The van der Waals surface area contributed by atoms with Crippen molar-refractivity contribution in [3.63, 3.8) is 0 Å². The van der Waals surface area contributed by atoms with Crippen LogP contribution < -0.4 is 16.2 Å². The Morgan fingerprint density at radius 2 is 2.07 bits per heavy atom. The van der Waals surface area contributed by atoms with Crippen molar-refractivity contribution in [2.45, 2.75) is 32.4 Å². The average molecular weight is 369 g/mol. The Morgan fingerprint density at radius 1 is 1.30 bits per heavy atom. The molecule has 2 aromatic rings. The highest BCUT2D eigenvalue weighted by molar-refractivity contribution is 6.14. The normalized spacial score (nSPS) is 15.6. The van der Waals surface area contributed by atoms with Gasteiger partial charge in [0.1, 0.15) is 5.54 Å². The summed E-state index contributed by atoms with van der Waals surface area (Å²) in [5.41, 5.74) is 8.17. The zero-order chi connectivity index (χ0) is 19.3. The molecule has 0 unspecified atom stereocenters. The number of pyridine rings is 1. The van der Waals surface area contributed by atoms with E-state index in [1.807, 2.05) is 6.07 Å². The summed E-state index contributed by atoms with van der Waals surface area (Å²) in [7, 11) is 0. The maximum atomic E-state index is 12.8. The van der Waals surface area contributed by atoms with E-state index >= 15 is 0 Å². The van der Waals surface area contributed by atoms with Crippen molar-refractivity contribution in [3.8, 4) is 0 Å². The number of nitrogens with zero attached hydrogens (tertiary/aromatic N) is 2. The van der Waals surface area contributed by atoms with Crippen LogP contribution in [-0.2, 0) is 17.8 Å². The zero-order valence-electron chi connectivity index (χ0n) is 14.9. The highest BCUT2D eigenvalue weighted by Gasteiger charge is 2.36. The molecule has 0 bridgehead atoms. The molecule has 2 aliphatic heterocycles. The van der Waals surface area contributed by atoms with E-state index in [0.29, 0.717) is 24.0 Å². The van der Waals surface area contributed by atoms with Crippen molar-refractivity contribution in [1.29, 1.82) is 0 Å².